The first kappa shape index (κ1) is 28.4. The number of hydrogen-bond donors (Lipinski definition) is 1. The summed E-state index contributed by atoms with van der Waals surface area (Å²) < 4.78 is 33.9. The largest absolute Gasteiger partial charge is 0.444 e. The van der Waals surface area contributed by atoms with Crippen LogP contribution in [0.3, 0.4) is 0 Å². The van der Waals surface area contributed by atoms with E-state index in [1.165, 1.54) is 32.1 Å². The van der Waals surface area contributed by atoms with E-state index in [1.807, 2.05) is 51.1 Å². The van der Waals surface area contributed by atoms with Crippen LogP contribution in [0.5, 0.6) is 0 Å². The van der Waals surface area contributed by atoms with Gasteiger partial charge < -0.3 is 14.5 Å². The number of nitrogens with zero attached hydrogens (tertiary/aromatic N) is 2. The minimum absolute atomic E-state index is 0.266. The molecule has 0 saturated heterocycles. The van der Waals surface area contributed by atoms with Crippen LogP contribution < -0.4 is 4.72 Å². The lowest BCUT2D eigenvalue weighted by Gasteiger charge is -2.33. The van der Waals surface area contributed by atoms with E-state index in [1.54, 1.807) is 17.0 Å². The van der Waals surface area contributed by atoms with Crippen molar-refractivity contribution in [2.24, 2.45) is 0 Å². The van der Waals surface area contributed by atoms with E-state index < -0.39 is 15.6 Å². The summed E-state index contributed by atoms with van der Waals surface area (Å²) in [7, 11) is -1.44. The number of unbranched alkanes of at least 4 members (excludes halogenated alkanes) is 1. The van der Waals surface area contributed by atoms with Gasteiger partial charge >= 0.3 is 6.09 Å². The Balaban J connectivity index is 1.50. The quantitative estimate of drug-likeness (QED) is 0.404. The van der Waals surface area contributed by atoms with E-state index in [2.05, 4.69) is 16.7 Å². The highest BCUT2D eigenvalue weighted by Gasteiger charge is 2.24. The number of carbonyl (C=O) groups is 1. The monoisotopic (exact) mass is 517 g/mol. The first-order valence-electron chi connectivity index (χ1n) is 13.2. The molecule has 0 radical (unpaired) electrons. The SMILES string of the molecule is CN(CCN(CCCCNS(=O)(=O)c1ccc2ccccc2c1)C(=O)OC(C)(C)C)C1CCCCC1. The summed E-state index contributed by atoms with van der Waals surface area (Å²) in [5, 5.41) is 1.90. The van der Waals surface area contributed by atoms with Gasteiger partial charge in [0.25, 0.3) is 0 Å². The van der Waals surface area contributed by atoms with Crippen molar-refractivity contribution < 1.29 is 17.9 Å². The Morgan fingerprint density at radius 1 is 0.972 bits per heavy atom. The number of likely N-dealkylation sites (N-methyl/N-ethyl adjacent to an activating group) is 1. The normalized spacial score (nSPS) is 15.4. The molecule has 1 aliphatic carbocycles. The van der Waals surface area contributed by atoms with Crippen molar-refractivity contribution >= 4 is 26.9 Å². The molecule has 7 nitrogen and oxygen atoms in total. The summed E-state index contributed by atoms with van der Waals surface area (Å²) in [5.74, 6) is 0. The van der Waals surface area contributed by atoms with Crippen molar-refractivity contribution in [3.8, 4) is 0 Å². The molecule has 2 aromatic carbocycles. The third-order valence-corrected chi connectivity index (χ3v) is 8.21. The van der Waals surface area contributed by atoms with Crippen molar-refractivity contribution in [2.75, 3.05) is 33.2 Å². The van der Waals surface area contributed by atoms with Gasteiger partial charge in [0.2, 0.25) is 10.0 Å². The third-order valence-electron chi connectivity index (χ3n) is 6.75. The number of fused-ring (bicyclic) bond motifs is 1. The fourth-order valence-corrected chi connectivity index (χ4v) is 5.76. The fourth-order valence-electron chi connectivity index (χ4n) is 4.66. The number of carbonyl (C=O) groups excluding carboxylic acids is 1. The van der Waals surface area contributed by atoms with Gasteiger partial charge in [0, 0.05) is 32.2 Å². The standard InChI is InChI=1S/C28H43N3O4S/c1-28(2,3)35-27(32)31(21-20-30(4)25-14-6-5-7-15-25)19-11-10-18-29-36(33,34)26-17-16-23-12-8-9-13-24(23)22-26/h8-9,12-13,16-17,22,25,29H,5-7,10-11,14-15,18-21H2,1-4H3. The lowest BCUT2D eigenvalue weighted by Crippen LogP contribution is -2.43. The van der Waals surface area contributed by atoms with Gasteiger partial charge in [-0.2, -0.15) is 0 Å². The van der Waals surface area contributed by atoms with E-state index >= 15 is 0 Å². The second kappa shape index (κ2) is 12.9. The number of ether oxygens (including phenoxy) is 1. The molecule has 2 aromatic rings. The second-order valence-electron chi connectivity index (χ2n) is 10.9. The summed E-state index contributed by atoms with van der Waals surface area (Å²) >= 11 is 0. The molecule has 1 amide bonds. The van der Waals surface area contributed by atoms with Crippen LogP contribution >= 0.6 is 0 Å². The molecule has 0 spiro atoms. The maximum atomic E-state index is 12.8. The number of sulfonamides is 1. The Labute approximate surface area is 217 Å². The Morgan fingerprint density at radius 2 is 1.67 bits per heavy atom. The first-order chi connectivity index (χ1) is 17.0. The summed E-state index contributed by atoms with van der Waals surface area (Å²) in [4.78, 5) is 17.2. The molecule has 0 atom stereocenters. The van der Waals surface area contributed by atoms with Gasteiger partial charge in [0.15, 0.2) is 0 Å². The highest BCUT2D eigenvalue weighted by molar-refractivity contribution is 7.89. The van der Waals surface area contributed by atoms with Crippen molar-refractivity contribution in [2.45, 2.75) is 82.3 Å². The summed E-state index contributed by atoms with van der Waals surface area (Å²) in [6.45, 7) is 7.88. The molecular weight excluding hydrogens is 474 g/mol. The van der Waals surface area contributed by atoms with Crippen molar-refractivity contribution in [3.63, 3.8) is 0 Å². The number of benzene rings is 2. The highest BCUT2D eigenvalue weighted by Crippen LogP contribution is 2.22. The van der Waals surface area contributed by atoms with Crippen molar-refractivity contribution in [3.05, 3.63) is 42.5 Å². The van der Waals surface area contributed by atoms with Crippen LogP contribution in [0, 0.1) is 0 Å². The molecule has 0 aliphatic heterocycles. The molecule has 1 saturated carbocycles. The molecule has 1 N–H and O–H groups in total. The summed E-state index contributed by atoms with van der Waals surface area (Å²) in [5.41, 5.74) is -0.555. The molecule has 0 heterocycles. The smallest absolute Gasteiger partial charge is 0.410 e. The van der Waals surface area contributed by atoms with E-state index in [9.17, 15) is 13.2 Å². The minimum atomic E-state index is -3.59. The first-order valence-corrected chi connectivity index (χ1v) is 14.7. The van der Waals surface area contributed by atoms with Gasteiger partial charge in [-0.05, 0) is 76.4 Å². The van der Waals surface area contributed by atoms with Gasteiger partial charge in [-0.3, -0.25) is 0 Å². The topological polar surface area (TPSA) is 79.0 Å². The number of rotatable bonds is 11. The maximum absolute atomic E-state index is 12.8. The minimum Gasteiger partial charge on any atom is -0.444 e. The van der Waals surface area contributed by atoms with Crippen molar-refractivity contribution in [1.82, 2.24) is 14.5 Å². The Kier molecular flexibility index (Phi) is 10.2. The number of nitrogens with one attached hydrogen (secondary N) is 1. The molecule has 36 heavy (non-hydrogen) atoms. The van der Waals surface area contributed by atoms with Gasteiger partial charge in [-0.25, -0.2) is 17.9 Å². The molecule has 8 heteroatoms. The number of amides is 1. The van der Waals surface area contributed by atoms with E-state index in [0.29, 0.717) is 38.5 Å². The maximum Gasteiger partial charge on any atom is 0.410 e. The van der Waals surface area contributed by atoms with E-state index in [0.717, 1.165) is 17.3 Å². The zero-order chi connectivity index (χ0) is 26.2. The van der Waals surface area contributed by atoms with Gasteiger partial charge in [0.05, 0.1) is 4.90 Å². The molecule has 1 fully saturated rings. The summed E-state index contributed by atoms with van der Waals surface area (Å²) in [6.07, 6.45) is 7.33. The lowest BCUT2D eigenvalue weighted by molar-refractivity contribution is 0.0222. The van der Waals surface area contributed by atoms with Crippen LogP contribution in [-0.4, -0.2) is 69.2 Å². The predicted octanol–water partition coefficient (Wildman–Crippen LogP) is 5.40. The van der Waals surface area contributed by atoms with Gasteiger partial charge in [0.1, 0.15) is 5.60 Å². The van der Waals surface area contributed by atoms with Gasteiger partial charge in [-0.1, -0.05) is 49.6 Å². The average Bonchev–Trinajstić information content (AvgIpc) is 2.84. The molecule has 0 bridgehead atoms. The zero-order valence-electron chi connectivity index (χ0n) is 22.3. The second-order valence-corrected chi connectivity index (χ2v) is 12.6. The lowest BCUT2D eigenvalue weighted by atomic mass is 9.94. The molecule has 0 aromatic heterocycles. The fraction of sp³-hybridized carbons (Fsp3) is 0.607. The molecule has 3 rings (SSSR count). The van der Waals surface area contributed by atoms with Crippen LogP contribution in [0.15, 0.2) is 47.4 Å². The predicted molar refractivity (Wildman–Crippen MR) is 146 cm³/mol. The molecule has 0 unspecified atom stereocenters. The van der Waals surface area contributed by atoms with E-state index in [4.69, 9.17) is 4.74 Å². The highest BCUT2D eigenvalue weighted by atomic mass is 32.2. The molecule has 1 aliphatic rings. The zero-order valence-corrected chi connectivity index (χ0v) is 23.1. The third kappa shape index (κ3) is 8.75. The number of hydrogen-bond acceptors (Lipinski definition) is 5. The van der Waals surface area contributed by atoms with Crippen LogP contribution in [0.2, 0.25) is 0 Å². The van der Waals surface area contributed by atoms with Crippen molar-refractivity contribution in [1.29, 1.82) is 0 Å². The van der Waals surface area contributed by atoms with Gasteiger partial charge in [-0.15, -0.1) is 0 Å². The van der Waals surface area contributed by atoms with Crippen LogP contribution in [0.1, 0.15) is 65.7 Å². The van der Waals surface area contributed by atoms with Crippen LogP contribution in [-0.2, 0) is 14.8 Å². The van der Waals surface area contributed by atoms with Crippen LogP contribution in [0.4, 0.5) is 4.79 Å². The molecular formula is C28H43N3O4S. The summed E-state index contributed by atoms with van der Waals surface area (Å²) in [6, 6.07) is 13.4. The van der Waals surface area contributed by atoms with Crippen LogP contribution in [0.25, 0.3) is 10.8 Å². The van der Waals surface area contributed by atoms with E-state index in [-0.39, 0.29) is 11.0 Å². The Morgan fingerprint density at radius 3 is 2.36 bits per heavy atom. The Hall–Kier alpha value is -2.16. The Bertz CT molecular complexity index is 1090. The molecule has 200 valence electrons. The average molecular weight is 518 g/mol.